The number of hydrogen-bond donors (Lipinski definition) is 0. The third-order valence-corrected chi connectivity index (χ3v) is 2.34. The van der Waals surface area contributed by atoms with Gasteiger partial charge in [0, 0.05) is 0 Å². The van der Waals surface area contributed by atoms with Crippen molar-refractivity contribution in [3.8, 4) is 0 Å². The first kappa shape index (κ1) is 11.0. The van der Waals surface area contributed by atoms with Crippen LogP contribution in [-0.4, -0.2) is 5.97 Å². The Balaban J connectivity index is 2.01. The summed E-state index contributed by atoms with van der Waals surface area (Å²) in [4.78, 5) is 11.0. The number of rotatable bonds is 6. The first-order valence-electron chi connectivity index (χ1n) is 5.36. The molecule has 2 heteroatoms. The highest BCUT2D eigenvalue weighted by molar-refractivity contribution is 5.77. The molecular formula is C12H18O2. The van der Waals surface area contributed by atoms with Crippen LogP contribution in [0.5, 0.6) is 0 Å². The van der Waals surface area contributed by atoms with E-state index in [1.54, 1.807) is 0 Å². The van der Waals surface area contributed by atoms with Gasteiger partial charge in [-0.2, -0.15) is 0 Å². The lowest BCUT2D eigenvalue weighted by Gasteiger charge is -2.02. The maximum Gasteiger partial charge on any atom is 0.317 e. The minimum absolute atomic E-state index is 0.0187. The third kappa shape index (κ3) is 3.77. The van der Waals surface area contributed by atoms with Crippen molar-refractivity contribution in [1.29, 1.82) is 0 Å². The lowest BCUT2D eigenvalue weighted by molar-refractivity contribution is -0.139. The predicted octanol–water partition coefficient (Wildman–Crippen LogP) is 3.20. The first-order valence-corrected chi connectivity index (χ1v) is 5.36. The number of esters is 1. The molecule has 0 fully saturated rings. The third-order valence-electron chi connectivity index (χ3n) is 2.34. The molecule has 2 nitrogen and oxygen atoms in total. The molecule has 0 aromatic heterocycles. The second-order valence-corrected chi connectivity index (χ2v) is 3.54. The van der Waals surface area contributed by atoms with Gasteiger partial charge in [-0.25, -0.2) is 0 Å². The van der Waals surface area contributed by atoms with Gasteiger partial charge in [0.05, 0.1) is 12.2 Å². The minimum atomic E-state index is -0.0888. The maximum absolute atomic E-state index is 11.0. The highest BCUT2D eigenvalue weighted by Crippen LogP contribution is 2.18. The van der Waals surface area contributed by atoms with E-state index < -0.39 is 0 Å². The van der Waals surface area contributed by atoms with E-state index in [1.165, 1.54) is 6.26 Å². The number of carbonyl (C=O) groups is 1. The fourth-order valence-electron chi connectivity index (χ4n) is 1.49. The number of ether oxygens (including phenoxy) is 1. The zero-order chi connectivity index (χ0) is 10.2. The Bertz CT molecular complexity index is 228. The van der Waals surface area contributed by atoms with Gasteiger partial charge in [-0.3, -0.25) is 4.79 Å². The molecule has 0 bridgehead atoms. The molecular weight excluding hydrogens is 176 g/mol. The molecule has 1 aliphatic heterocycles. The van der Waals surface area contributed by atoms with Crippen molar-refractivity contribution in [2.75, 3.05) is 0 Å². The Morgan fingerprint density at radius 3 is 2.93 bits per heavy atom. The number of unbranched alkanes of at least 4 members (excludes halogenated alkanes) is 2. The highest BCUT2D eigenvalue weighted by Gasteiger charge is 2.20. The summed E-state index contributed by atoms with van der Waals surface area (Å²) in [6.45, 7) is 2.13. The van der Waals surface area contributed by atoms with Crippen LogP contribution in [0.1, 0.15) is 39.0 Å². The van der Waals surface area contributed by atoms with Gasteiger partial charge in [0.2, 0.25) is 0 Å². The van der Waals surface area contributed by atoms with Gasteiger partial charge < -0.3 is 4.74 Å². The van der Waals surface area contributed by atoms with Gasteiger partial charge in [0.1, 0.15) is 0 Å². The van der Waals surface area contributed by atoms with Crippen molar-refractivity contribution < 1.29 is 9.53 Å². The van der Waals surface area contributed by atoms with Crippen molar-refractivity contribution in [1.82, 2.24) is 0 Å². The molecule has 0 aliphatic carbocycles. The number of hydrogen-bond acceptors (Lipinski definition) is 2. The molecule has 14 heavy (non-hydrogen) atoms. The van der Waals surface area contributed by atoms with E-state index in [9.17, 15) is 4.79 Å². The minimum Gasteiger partial charge on any atom is -0.434 e. The Labute approximate surface area is 85.6 Å². The van der Waals surface area contributed by atoms with Gasteiger partial charge in [-0.15, -0.1) is 0 Å². The van der Waals surface area contributed by atoms with E-state index in [1.807, 2.05) is 6.08 Å². The summed E-state index contributed by atoms with van der Waals surface area (Å²) in [5, 5.41) is 0. The summed E-state index contributed by atoms with van der Waals surface area (Å²) >= 11 is 0. The van der Waals surface area contributed by atoms with E-state index in [0.717, 1.165) is 32.1 Å². The molecule has 0 aromatic carbocycles. The van der Waals surface area contributed by atoms with Crippen LogP contribution >= 0.6 is 0 Å². The molecule has 1 rings (SSSR count). The molecule has 0 N–H and O–H groups in total. The van der Waals surface area contributed by atoms with Crippen LogP contribution in [0.4, 0.5) is 0 Å². The van der Waals surface area contributed by atoms with Crippen LogP contribution in [0.25, 0.3) is 0 Å². The normalized spacial score (nSPS) is 20.6. The van der Waals surface area contributed by atoms with Crippen molar-refractivity contribution in [2.24, 2.45) is 5.92 Å². The second kappa shape index (κ2) is 6.41. The highest BCUT2D eigenvalue weighted by atomic mass is 16.5. The van der Waals surface area contributed by atoms with Gasteiger partial charge in [-0.05, 0) is 31.8 Å². The first-order chi connectivity index (χ1) is 6.84. The maximum atomic E-state index is 11.0. The van der Waals surface area contributed by atoms with E-state index in [-0.39, 0.29) is 11.9 Å². The quantitative estimate of drug-likeness (QED) is 0.369. The molecule has 0 saturated carbocycles. The van der Waals surface area contributed by atoms with Crippen LogP contribution < -0.4 is 0 Å². The van der Waals surface area contributed by atoms with Crippen LogP contribution in [0, 0.1) is 5.92 Å². The van der Waals surface area contributed by atoms with Crippen molar-refractivity contribution in [3.05, 3.63) is 24.5 Å². The smallest absolute Gasteiger partial charge is 0.317 e. The number of carbonyl (C=O) groups excluding carboxylic acids is 1. The molecule has 0 spiro atoms. The number of cyclic esters (lactones) is 1. The Kier molecular flexibility index (Phi) is 5.05. The van der Waals surface area contributed by atoms with Crippen LogP contribution in [-0.2, 0) is 9.53 Å². The van der Waals surface area contributed by atoms with Gasteiger partial charge >= 0.3 is 5.97 Å². The van der Waals surface area contributed by atoms with Crippen LogP contribution in [0.15, 0.2) is 24.5 Å². The molecule has 0 radical (unpaired) electrons. The van der Waals surface area contributed by atoms with Crippen LogP contribution in [0.3, 0.4) is 0 Å². The summed E-state index contributed by atoms with van der Waals surface area (Å²) in [7, 11) is 0. The molecule has 1 atom stereocenters. The fourth-order valence-corrected chi connectivity index (χ4v) is 1.49. The van der Waals surface area contributed by atoms with Gasteiger partial charge in [0.15, 0.2) is 0 Å². The zero-order valence-corrected chi connectivity index (χ0v) is 8.74. The monoisotopic (exact) mass is 194 g/mol. The van der Waals surface area contributed by atoms with E-state index in [4.69, 9.17) is 4.74 Å². The molecule has 0 saturated heterocycles. The van der Waals surface area contributed by atoms with Crippen LogP contribution in [0.2, 0.25) is 0 Å². The summed E-state index contributed by atoms with van der Waals surface area (Å²) in [6, 6.07) is 0. The standard InChI is InChI=1S/C12H18O2/c1-2-3-4-5-6-7-8-11-9-10-14-12(11)13/h3-4,9-11H,2,5-8H2,1H3/b4-3+. The Morgan fingerprint density at radius 1 is 1.43 bits per heavy atom. The Morgan fingerprint density at radius 2 is 2.29 bits per heavy atom. The number of allylic oxidation sites excluding steroid dienone is 2. The lowest BCUT2D eigenvalue weighted by atomic mass is 10.0. The topological polar surface area (TPSA) is 26.3 Å². The zero-order valence-electron chi connectivity index (χ0n) is 8.74. The average Bonchev–Trinajstić information content (AvgIpc) is 2.58. The second-order valence-electron chi connectivity index (χ2n) is 3.54. The van der Waals surface area contributed by atoms with Gasteiger partial charge in [0.25, 0.3) is 0 Å². The Hall–Kier alpha value is -1.05. The molecule has 78 valence electrons. The van der Waals surface area contributed by atoms with E-state index >= 15 is 0 Å². The molecule has 0 aromatic rings. The van der Waals surface area contributed by atoms with Gasteiger partial charge in [-0.1, -0.05) is 25.5 Å². The average molecular weight is 194 g/mol. The summed E-state index contributed by atoms with van der Waals surface area (Å²) in [5.41, 5.74) is 0. The fraction of sp³-hybridized carbons (Fsp3) is 0.583. The molecule has 1 aliphatic rings. The summed E-state index contributed by atoms with van der Waals surface area (Å²) in [5.74, 6) is -0.0701. The molecule has 0 amide bonds. The largest absolute Gasteiger partial charge is 0.434 e. The molecule has 1 unspecified atom stereocenters. The summed E-state index contributed by atoms with van der Waals surface area (Å²) in [6.07, 6.45) is 13.2. The predicted molar refractivity (Wildman–Crippen MR) is 56.6 cm³/mol. The van der Waals surface area contributed by atoms with E-state index in [2.05, 4.69) is 19.1 Å². The lowest BCUT2D eigenvalue weighted by Crippen LogP contribution is -2.07. The van der Waals surface area contributed by atoms with Crippen molar-refractivity contribution in [2.45, 2.75) is 39.0 Å². The molecule has 1 heterocycles. The van der Waals surface area contributed by atoms with Crippen molar-refractivity contribution in [3.63, 3.8) is 0 Å². The SMILES string of the molecule is CC/C=C/CCCCC1C=COC1=O. The van der Waals surface area contributed by atoms with Crippen molar-refractivity contribution >= 4 is 5.97 Å². The van der Waals surface area contributed by atoms with E-state index in [0.29, 0.717) is 0 Å². The summed E-state index contributed by atoms with van der Waals surface area (Å²) < 4.78 is 4.73.